The van der Waals surface area contributed by atoms with Gasteiger partial charge >= 0.3 is 0 Å². The van der Waals surface area contributed by atoms with Crippen LogP contribution in [0.5, 0.6) is 0 Å². The van der Waals surface area contributed by atoms with Crippen molar-refractivity contribution in [3.8, 4) is 11.3 Å². The second-order valence-corrected chi connectivity index (χ2v) is 2.58. The van der Waals surface area contributed by atoms with E-state index in [2.05, 4.69) is 9.97 Å². The van der Waals surface area contributed by atoms with Crippen LogP contribution in [-0.4, -0.2) is 9.97 Å². The van der Waals surface area contributed by atoms with E-state index in [1.807, 2.05) is 18.2 Å². The molecule has 0 amide bonds. The van der Waals surface area contributed by atoms with Gasteiger partial charge in [-0.05, 0) is 18.2 Å². The van der Waals surface area contributed by atoms with E-state index in [0.717, 1.165) is 16.9 Å². The average Bonchev–Trinajstić information content (AvgIpc) is 2.54. The molecule has 2 rings (SSSR count). The van der Waals surface area contributed by atoms with Crippen molar-refractivity contribution in [1.29, 1.82) is 0 Å². The van der Waals surface area contributed by atoms with E-state index in [1.165, 1.54) is 0 Å². The maximum atomic E-state index is 5.57. The van der Waals surface area contributed by atoms with E-state index >= 15 is 0 Å². The zero-order chi connectivity index (χ0) is 8.39. The molecule has 2 heterocycles. The van der Waals surface area contributed by atoms with E-state index in [1.54, 1.807) is 18.6 Å². The van der Waals surface area contributed by atoms with Gasteiger partial charge in [-0.15, -0.1) is 0 Å². The molecule has 0 aliphatic heterocycles. The number of aromatic amines is 1. The van der Waals surface area contributed by atoms with Gasteiger partial charge in [0.1, 0.15) is 0 Å². The number of aromatic nitrogens is 2. The minimum absolute atomic E-state index is 0.752. The molecule has 0 radical (unpaired) electrons. The summed E-state index contributed by atoms with van der Waals surface area (Å²) in [5.74, 6) is 0. The highest BCUT2D eigenvalue weighted by Gasteiger charge is 1.97. The lowest BCUT2D eigenvalue weighted by Crippen LogP contribution is -1.77. The van der Waals surface area contributed by atoms with Gasteiger partial charge in [0.2, 0.25) is 0 Å². The standard InChI is InChI=1S/C9H9N3/c10-8-5-9(12-6-8)7-1-3-11-4-2-7/h1-6,12H,10H2. The summed E-state index contributed by atoms with van der Waals surface area (Å²) in [7, 11) is 0. The van der Waals surface area contributed by atoms with Crippen LogP contribution in [-0.2, 0) is 0 Å². The number of nitrogen functional groups attached to an aromatic ring is 1. The smallest absolute Gasteiger partial charge is 0.0498 e. The normalized spacial score (nSPS) is 10.0. The summed E-state index contributed by atoms with van der Waals surface area (Å²) in [5.41, 5.74) is 8.44. The molecule has 3 N–H and O–H groups in total. The van der Waals surface area contributed by atoms with Crippen LogP contribution in [0.25, 0.3) is 11.3 Å². The van der Waals surface area contributed by atoms with Crippen LogP contribution in [0.2, 0.25) is 0 Å². The maximum absolute atomic E-state index is 5.57. The zero-order valence-corrected chi connectivity index (χ0v) is 6.49. The number of anilines is 1. The van der Waals surface area contributed by atoms with E-state index in [4.69, 9.17) is 5.73 Å². The molecule has 0 aliphatic carbocycles. The van der Waals surface area contributed by atoms with Gasteiger partial charge in [0, 0.05) is 35.5 Å². The highest BCUT2D eigenvalue weighted by molar-refractivity contribution is 5.63. The molecular formula is C9H9N3. The van der Waals surface area contributed by atoms with Crippen molar-refractivity contribution in [2.45, 2.75) is 0 Å². The number of nitrogens with zero attached hydrogens (tertiary/aromatic N) is 1. The lowest BCUT2D eigenvalue weighted by atomic mass is 10.2. The predicted octanol–water partition coefficient (Wildman–Crippen LogP) is 1.66. The van der Waals surface area contributed by atoms with Crippen molar-refractivity contribution < 1.29 is 0 Å². The Hall–Kier alpha value is -1.77. The van der Waals surface area contributed by atoms with Crippen molar-refractivity contribution >= 4 is 5.69 Å². The van der Waals surface area contributed by atoms with Crippen LogP contribution in [0.15, 0.2) is 36.8 Å². The third-order valence-corrected chi connectivity index (χ3v) is 1.70. The molecule has 0 fully saturated rings. The molecule has 3 heteroatoms. The fraction of sp³-hybridized carbons (Fsp3) is 0. The lowest BCUT2D eigenvalue weighted by Gasteiger charge is -1.93. The summed E-state index contributed by atoms with van der Waals surface area (Å²) in [4.78, 5) is 7.00. The topological polar surface area (TPSA) is 54.7 Å². The summed E-state index contributed by atoms with van der Waals surface area (Å²) in [6, 6.07) is 5.77. The molecule has 0 atom stereocenters. The van der Waals surface area contributed by atoms with Gasteiger partial charge in [-0.25, -0.2) is 0 Å². The molecule has 0 unspecified atom stereocenters. The van der Waals surface area contributed by atoms with Crippen LogP contribution < -0.4 is 5.73 Å². The monoisotopic (exact) mass is 159 g/mol. The Bertz CT molecular complexity index is 364. The zero-order valence-electron chi connectivity index (χ0n) is 6.49. The van der Waals surface area contributed by atoms with Gasteiger partial charge in [0.05, 0.1) is 0 Å². The van der Waals surface area contributed by atoms with Crippen molar-refractivity contribution in [2.24, 2.45) is 0 Å². The highest BCUT2D eigenvalue weighted by Crippen LogP contribution is 2.18. The molecule has 0 bridgehead atoms. The van der Waals surface area contributed by atoms with Crippen molar-refractivity contribution in [1.82, 2.24) is 9.97 Å². The Morgan fingerprint density at radius 3 is 2.58 bits per heavy atom. The second kappa shape index (κ2) is 2.70. The largest absolute Gasteiger partial charge is 0.397 e. The lowest BCUT2D eigenvalue weighted by molar-refractivity contribution is 1.31. The highest BCUT2D eigenvalue weighted by atomic mass is 14.7. The van der Waals surface area contributed by atoms with E-state index in [-0.39, 0.29) is 0 Å². The van der Waals surface area contributed by atoms with E-state index in [9.17, 15) is 0 Å². The molecule has 0 aromatic carbocycles. The summed E-state index contributed by atoms with van der Waals surface area (Å²) in [6.07, 6.45) is 5.29. The number of nitrogens with one attached hydrogen (secondary N) is 1. The Labute approximate surface area is 70.3 Å². The number of pyridine rings is 1. The molecule has 0 spiro atoms. The minimum atomic E-state index is 0.752. The first-order valence-electron chi connectivity index (χ1n) is 3.70. The van der Waals surface area contributed by atoms with Gasteiger partial charge in [-0.1, -0.05) is 0 Å². The van der Waals surface area contributed by atoms with Gasteiger partial charge in [-0.2, -0.15) is 0 Å². The first-order chi connectivity index (χ1) is 5.86. The molecule has 60 valence electrons. The summed E-state index contributed by atoms with van der Waals surface area (Å²) < 4.78 is 0. The Balaban J connectivity index is 2.45. The Morgan fingerprint density at radius 1 is 1.25 bits per heavy atom. The predicted molar refractivity (Wildman–Crippen MR) is 48.4 cm³/mol. The van der Waals surface area contributed by atoms with Crippen molar-refractivity contribution in [2.75, 3.05) is 5.73 Å². The number of nitrogens with two attached hydrogens (primary N) is 1. The molecular weight excluding hydrogens is 150 g/mol. The molecule has 0 saturated heterocycles. The van der Waals surface area contributed by atoms with E-state index in [0.29, 0.717) is 0 Å². The molecule has 0 aliphatic rings. The molecule has 12 heavy (non-hydrogen) atoms. The van der Waals surface area contributed by atoms with Crippen LogP contribution >= 0.6 is 0 Å². The van der Waals surface area contributed by atoms with Crippen LogP contribution in [0, 0.1) is 0 Å². The van der Waals surface area contributed by atoms with Crippen LogP contribution in [0.1, 0.15) is 0 Å². The molecule has 3 nitrogen and oxygen atoms in total. The summed E-state index contributed by atoms with van der Waals surface area (Å²) >= 11 is 0. The van der Waals surface area contributed by atoms with Crippen LogP contribution in [0.3, 0.4) is 0 Å². The number of hydrogen-bond donors (Lipinski definition) is 2. The fourth-order valence-corrected chi connectivity index (χ4v) is 1.11. The Kier molecular flexibility index (Phi) is 1.55. The minimum Gasteiger partial charge on any atom is -0.397 e. The summed E-state index contributed by atoms with van der Waals surface area (Å²) in [6.45, 7) is 0. The van der Waals surface area contributed by atoms with Gasteiger partial charge in [0.15, 0.2) is 0 Å². The van der Waals surface area contributed by atoms with Crippen molar-refractivity contribution in [3.05, 3.63) is 36.8 Å². The van der Waals surface area contributed by atoms with Crippen LogP contribution in [0.4, 0.5) is 5.69 Å². The SMILES string of the molecule is Nc1c[nH]c(-c2ccncc2)c1. The molecule has 2 aromatic rings. The van der Waals surface area contributed by atoms with Gasteiger partial charge < -0.3 is 10.7 Å². The second-order valence-electron chi connectivity index (χ2n) is 2.58. The molecule has 0 saturated carbocycles. The molecule has 2 aromatic heterocycles. The third-order valence-electron chi connectivity index (χ3n) is 1.70. The third kappa shape index (κ3) is 1.16. The van der Waals surface area contributed by atoms with E-state index < -0.39 is 0 Å². The summed E-state index contributed by atoms with van der Waals surface area (Å²) in [5, 5.41) is 0. The van der Waals surface area contributed by atoms with Gasteiger partial charge in [-0.3, -0.25) is 4.98 Å². The number of H-pyrrole nitrogens is 1. The van der Waals surface area contributed by atoms with Gasteiger partial charge in [0.25, 0.3) is 0 Å². The Morgan fingerprint density at radius 2 is 2.00 bits per heavy atom. The first kappa shape index (κ1) is 6.91. The maximum Gasteiger partial charge on any atom is 0.0498 e. The number of rotatable bonds is 1. The number of hydrogen-bond acceptors (Lipinski definition) is 2. The quantitative estimate of drug-likeness (QED) is 0.664. The fourth-order valence-electron chi connectivity index (χ4n) is 1.11. The first-order valence-corrected chi connectivity index (χ1v) is 3.70. The van der Waals surface area contributed by atoms with Crippen molar-refractivity contribution in [3.63, 3.8) is 0 Å². The average molecular weight is 159 g/mol.